The Kier molecular flexibility index (Phi) is 5.49. The van der Waals surface area contributed by atoms with E-state index < -0.39 is 0 Å². The first-order chi connectivity index (χ1) is 12.1. The summed E-state index contributed by atoms with van der Waals surface area (Å²) in [6, 6.07) is 13.6. The minimum Gasteiger partial charge on any atom is -0.496 e. The molecule has 0 unspecified atom stereocenters. The van der Waals surface area contributed by atoms with Gasteiger partial charge in [0.15, 0.2) is 0 Å². The SMILES string of the molecule is COc1ccc(Cl)cc1C(=O)Nc1ccc(N2CCCC[C@@H]2C)cc1. The molecule has 2 aromatic carbocycles. The van der Waals surface area contributed by atoms with Gasteiger partial charge in [-0.3, -0.25) is 4.79 Å². The molecular weight excluding hydrogens is 336 g/mol. The minimum absolute atomic E-state index is 0.238. The first-order valence-electron chi connectivity index (χ1n) is 8.60. The predicted octanol–water partition coefficient (Wildman–Crippen LogP) is 4.98. The Morgan fingerprint density at radius 1 is 1.20 bits per heavy atom. The van der Waals surface area contributed by atoms with Gasteiger partial charge in [0.2, 0.25) is 0 Å². The highest BCUT2D eigenvalue weighted by atomic mass is 35.5. The number of methoxy groups -OCH3 is 1. The standard InChI is InChI=1S/C20H23ClN2O2/c1-14-5-3-4-12-23(14)17-9-7-16(8-10-17)22-20(24)18-13-15(21)6-11-19(18)25-2/h6-11,13-14H,3-5,12H2,1-2H3,(H,22,24)/t14-/m0/s1. The van der Waals surface area contributed by atoms with Gasteiger partial charge in [0.1, 0.15) is 5.75 Å². The number of nitrogens with one attached hydrogen (secondary N) is 1. The molecule has 0 spiro atoms. The van der Waals surface area contributed by atoms with Crippen LogP contribution in [0.15, 0.2) is 42.5 Å². The van der Waals surface area contributed by atoms with Crippen LogP contribution in [0.2, 0.25) is 5.02 Å². The summed E-state index contributed by atoms with van der Waals surface area (Å²) in [6.07, 6.45) is 3.76. The van der Waals surface area contributed by atoms with Crippen molar-refractivity contribution >= 4 is 28.9 Å². The number of hydrogen-bond acceptors (Lipinski definition) is 3. The van der Waals surface area contributed by atoms with Crippen LogP contribution >= 0.6 is 11.6 Å². The molecule has 0 bridgehead atoms. The smallest absolute Gasteiger partial charge is 0.259 e. The molecule has 0 radical (unpaired) electrons. The third-order valence-corrected chi connectivity index (χ3v) is 4.90. The molecule has 2 aromatic rings. The van der Waals surface area contributed by atoms with Crippen LogP contribution in [0.1, 0.15) is 36.5 Å². The van der Waals surface area contributed by atoms with Gasteiger partial charge in [-0.25, -0.2) is 0 Å². The highest BCUT2D eigenvalue weighted by Gasteiger charge is 2.18. The zero-order valence-corrected chi connectivity index (χ0v) is 15.3. The zero-order chi connectivity index (χ0) is 17.8. The number of carbonyl (C=O) groups excluding carboxylic acids is 1. The zero-order valence-electron chi connectivity index (χ0n) is 14.6. The van der Waals surface area contributed by atoms with Crippen molar-refractivity contribution in [2.45, 2.75) is 32.2 Å². The van der Waals surface area contributed by atoms with Gasteiger partial charge in [-0.2, -0.15) is 0 Å². The van der Waals surface area contributed by atoms with Crippen molar-refractivity contribution in [1.29, 1.82) is 0 Å². The fraction of sp³-hybridized carbons (Fsp3) is 0.350. The first-order valence-corrected chi connectivity index (χ1v) is 8.98. The second-order valence-electron chi connectivity index (χ2n) is 6.38. The molecule has 1 amide bonds. The second kappa shape index (κ2) is 7.79. The van der Waals surface area contributed by atoms with Crippen molar-refractivity contribution in [3.63, 3.8) is 0 Å². The normalized spacial score (nSPS) is 17.2. The lowest BCUT2D eigenvalue weighted by Crippen LogP contribution is -2.37. The van der Waals surface area contributed by atoms with Gasteiger partial charge in [0, 0.05) is 29.0 Å². The molecule has 1 saturated heterocycles. The molecule has 0 saturated carbocycles. The number of ether oxygens (including phenoxy) is 1. The van der Waals surface area contributed by atoms with Gasteiger partial charge in [-0.15, -0.1) is 0 Å². The fourth-order valence-corrected chi connectivity index (χ4v) is 3.45. The van der Waals surface area contributed by atoms with Crippen molar-refractivity contribution in [1.82, 2.24) is 0 Å². The predicted molar refractivity (Wildman–Crippen MR) is 103 cm³/mol. The monoisotopic (exact) mass is 358 g/mol. The minimum atomic E-state index is -0.238. The van der Waals surface area contributed by atoms with Crippen molar-refractivity contribution in [2.24, 2.45) is 0 Å². The number of anilines is 2. The summed E-state index contributed by atoms with van der Waals surface area (Å²) >= 11 is 6.00. The van der Waals surface area contributed by atoms with Crippen LogP contribution < -0.4 is 15.0 Å². The molecule has 0 aromatic heterocycles. The summed E-state index contributed by atoms with van der Waals surface area (Å²) in [6.45, 7) is 3.35. The van der Waals surface area contributed by atoms with Crippen LogP contribution in [-0.2, 0) is 0 Å². The maximum atomic E-state index is 12.5. The number of carbonyl (C=O) groups is 1. The fourth-order valence-electron chi connectivity index (χ4n) is 3.27. The molecule has 1 atom stereocenters. The van der Waals surface area contributed by atoms with Crippen molar-refractivity contribution < 1.29 is 9.53 Å². The molecule has 1 fully saturated rings. The molecule has 1 N–H and O–H groups in total. The van der Waals surface area contributed by atoms with Gasteiger partial charge < -0.3 is 15.0 Å². The second-order valence-corrected chi connectivity index (χ2v) is 6.82. The Bertz CT molecular complexity index is 746. The number of rotatable bonds is 4. The molecule has 1 aliphatic rings. The van der Waals surface area contributed by atoms with Gasteiger partial charge in [-0.05, 0) is 68.7 Å². The largest absolute Gasteiger partial charge is 0.496 e. The van der Waals surface area contributed by atoms with E-state index in [0.717, 1.165) is 12.2 Å². The van der Waals surface area contributed by atoms with Crippen LogP contribution in [0, 0.1) is 0 Å². The Hall–Kier alpha value is -2.20. The number of hydrogen-bond donors (Lipinski definition) is 1. The molecule has 1 aliphatic heterocycles. The summed E-state index contributed by atoms with van der Waals surface area (Å²) in [4.78, 5) is 15.0. The number of halogens is 1. The van der Waals surface area contributed by atoms with Crippen molar-refractivity contribution in [3.8, 4) is 5.75 Å². The summed E-state index contributed by atoms with van der Waals surface area (Å²) < 4.78 is 5.24. The van der Waals surface area contributed by atoms with Crippen LogP contribution in [-0.4, -0.2) is 25.6 Å². The molecule has 5 heteroatoms. The van der Waals surface area contributed by atoms with E-state index >= 15 is 0 Å². The van der Waals surface area contributed by atoms with Crippen LogP contribution in [0.3, 0.4) is 0 Å². The third-order valence-electron chi connectivity index (χ3n) is 4.67. The molecule has 132 valence electrons. The third kappa shape index (κ3) is 4.07. The van der Waals surface area contributed by atoms with E-state index in [4.69, 9.17) is 16.3 Å². The number of piperidine rings is 1. The Morgan fingerprint density at radius 3 is 2.64 bits per heavy atom. The van der Waals surface area contributed by atoms with E-state index in [-0.39, 0.29) is 5.91 Å². The number of benzene rings is 2. The average molecular weight is 359 g/mol. The lowest BCUT2D eigenvalue weighted by molar-refractivity contribution is 0.102. The Labute approximate surface area is 153 Å². The van der Waals surface area contributed by atoms with Gasteiger partial charge in [0.25, 0.3) is 5.91 Å². The molecule has 0 aliphatic carbocycles. The van der Waals surface area contributed by atoms with Gasteiger partial charge >= 0.3 is 0 Å². The van der Waals surface area contributed by atoms with Gasteiger partial charge in [0.05, 0.1) is 12.7 Å². The summed E-state index contributed by atoms with van der Waals surface area (Å²) in [5.41, 5.74) is 2.37. The maximum absolute atomic E-state index is 12.5. The van der Waals surface area contributed by atoms with Gasteiger partial charge in [-0.1, -0.05) is 11.6 Å². The van der Waals surface area contributed by atoms with Crippen molar-refractivity contribution in [3.05, 3.63) is 53.1 Å². The molecule has 4 nitrogen and oxygen atoms in total. The Balaban J connectivity index is 1.73. The lowest BCUT2D eigenvalue weighted by atomic mass is 10.0. The van der Waals surface area contributed by atoms with E-state index in [1.54, 1.807) is 18.2 Å². The van der Waals surface area contributed by atoms with E-state index in [0.29, 0.717) is 22.4 Å². The summed E-state index contributed by atoms with van der Waals surface area (Å²) in [5.74, 6) is 0.263. The summed E-state index contributed by atoms with van der Waals surface area (Å²) in [5, 5.41) is 3.41. The van der Waals surface area contributed by atoms with E-state index in [9.17, 15) is 4.79 Å². The maximum Gasteiger partial charge on any atom is 0.259 e. The molecule has 25 heavy (non-hydrogen) atoms. The molecule has 3 rings (SSSR count). The molecular formula is C20H23ClN2O2. The van der Waals surface area contributed by atoms with E-state index in [1.165, 1.54) is 32.1 Å². The quantitative estimate of drug-likeness (QED) is 0.838. The van der Waals surface area contributed by atoms with Crippen LogP contribution in [0.25, 0.3) is 0 Å². The first kappa shape index (κ1) is 17.6. The number of amides is 1. The highest BCUT2D eigenvalue weighted by Crippen LogP contribution is 2.27. The topological polar surface area (TPSA) is 41.6 Å². The highest BCUT2D eigenvalue weighted by molar-refractivity contribution is 6.31. The van der Waals surface area contributed by atoms with Crippen LogP contribution in [0.5, 0.6) is 5.75 Å². The van der Waals surface area contributed by atoms with E-state index in [2.05, 4.69) is 29.3 Å². The number of nitrogens with zero attached hydrogens (tertiary/aromatic N) is 1. The van der Waals surface area contributed by atoms with E-state index in [1.807, 2.05) is 12.1 Å². The lowest BCUT2D eigenvalue weighted by Gasteiger charge is -2.35. The summed E-state index contributed by atoms with van der Waals surface area (Å²) in [7, 11) is 1.54. The average Bonchev–Trinajstić information content (AvgIpc) is 2.63. The van der Waals surface area contributed by atoms with Crippen molar-refractivity contribution in [2.75, 3.05) is 23.9 Å². The Morgan fingerprint density at radius 2 is 1.96 bits per heavy atom. The van der Waals surface area contributed by atoms with Crippen LogP contribution in [0.4, 0.5) is 11.4 Å². The molecule has 1 heterocycles.